The van der Waals surface area contributed by atoms with Crippen molar-refractivity contribution in [1.29, 1.82) is 0 Å². The van der Waals surface area contributed by atoms with Gasteiger partial charge in [0.25, 0.3) is 0 Å². The normalized spacial score (nSPS) is 24.7. The molecule has 1 saturated carbocycles. The number of piperidine rings is 1. The molecule has 3 aliphatic rings. The number of carbonyl (C=O) groups excluding carboxylic acids is 2. The van der Waals surface area contributed by atoms with Gasteiger partial charge < -0.3 is 10.2 Å². The molecule has 4 heterocycles. The fraction of sp³-hybridized carbons (Fsp3) is 0.400. The van der Waals surface area contributed by atoms with Gasteiger partial charge in [0.05, 0.1) is 5.69 Å². The van der Waals surface area contributed by atoms with E-state index in [0.29, 0.717) is 17.5 Å². The van der Waals surface area contributed by atoms with E-state index in [4.69, 9.17) is 11.6 Å². The third kappa shape index (κ3) is 3.32. The molecular formula is C20H21ClN6O2. The second kappa shape index (κ2) is 7.27. The highest BCUT2D eigenvalue weighted by Gasteiger charge is 2.51. The summed E-state index contributed by atoms with van der Waals surface area (Å²) in [4.78, 5) is 36.3. The van der Waals surface area contributed by atoms with E-state index < -0.39 is 6.04 Å². The summed E-state index contributed by atoms with van der Waals surface area (Å²) < 4.78 is 0. The van der Waals surface area contributed by atoms with Crippen LogP contribution in [0.4, 0.5) is 11.5 Å². The second-order valence-corrected chi connectivity index (χ2v) is 8.12. The Morgan fingerprint density at radius 2 is 2.17 bits per heavy atom. The predicted octanol–water partition coefficient (Wildman–Crippen LogP) is 1.97. The Labute approximate surface area is 173 Å². The van der Waals surface area contributed by atoms with E-state index >= 15 is 0 Å². The van der Waals surface area contributed by atoms with Crippen LogP contribution in [0.25, 0.3) is 0 Å². The molecule has 2 amide bonds. The first-order valence-electron chi connectivity index (χ1n) is 9.78. The minimum atomic E-state index is -0.471. The molecule has 0 aromatic carbocycles. The lowest BCUT2D eigenvalue weighted by Gasteiger charge is -2.35. The highest BCUT2D eigenvalue weighted by molar-refractivity contribution is 6.29. The van der Waals surface area contributed by atoms with Crippen molar-refractivity contribution in [3.63, 3.8) is 0 Å². The van der Waals surface area contributed by atoms with Crippen LogP contribution in [0.5, 0.6) is 0 Å². The number of aromatic nitrogens is 2. The monoisotopic (exact) mass is 412 g/mol. The molecule has 9 heteroatoms. The number of fused-ring (bicyclic) bond motifs is 3. The molecule has 2 aromatic heterocycles. The number of carbonyl (C=O) groups is 2. The van der Waals surface area contributed by atoms with Crippen LogP contribution < -0.4 is 15.8 Å². The van der Waals surface area contributed by atoms with Crippen LogP contribution >= 0.6 is 11.6 Å². The second-order valence-electron chi connectivity index (χ2n) is 7.73. The summed E-state index contributed by atoms with van der Waals surface area (Å²) in [7, 11) is 0. The summed E-state index contributed by atoms with van der Waals surface area (Å²) in [6.07, 6.45) is 6.31. The number of hydrogen-bond acceptors (Lipinski definition) is 6. The Bertz CT molecular complexity index is 969. The number of halogens is 1. The first kappa shape index (κ1) is 18.3. The molecule has 5 rings (SSSR count). The van der Waals surface area contributed by atoms with E-state index in [2.05, 4.69) is 20.7 Å². The highest BCUT2D eigenvalue weighted by atomic mass is 35.5. The number of hydrogen-bond donors (Lipinski definition) is 2. The van der Waals surface area contributed by atoms with Crippen LogP contribution in [0, 0.1) is 5.92 Å². The molecule has 2 fully saturated rings. The van der Waals surface area contributed by atoms with Crippen molar-refractivity contribution in [2.45, 2.75) is 37.9 Å². The summed E-state index contributed by atoms with van der Waals surface area (Å²) in [5.41, 5.74) is 5.25. The molecule has 2 aliphatic heterocycles. The number of amides is 2. The molecule has 8 nitrogen and oxygen atoms in total. The molecule has 0 spiro atoms. The van der Waals surface area contributed by atoms with Crippen molar-refractivity contribution in [1.82, 2.24) is 20.3 Å². The Hall–Kier alpha value is -2.71. The maximum absolute atomic E-state index is 13.2. The van der Waals surface area contributed by atoms with Gasteiger partial charge in [-0.05, 0) is 43.4 Å². The molecule has 0 radical (unpaired) electrons. The molecule has 150 valence electrons. The van der Waals surface area contributed by atoms with Crippen molar-refractivity contribution in [2.24, 2.45) is 5.92 Å². The minimum Gasteiger partial charge on any atom is -0.326 e. The molecular weight excluding hydrogens is 392 g/mol. The first-order chi connectivity index (χ1) is 14.1. The standard InChI is InChI=1S/C20H21ClN6O2/c21-16-2-1-3-17(24-16)25-20(29)19-12-4-5-14(8-12)27(19)18(28)11-26-15-6-7-22-9-13(15)10-23-26/h1-3,6-7,9,12,14,19,23H,4-5,8,10-11H2,(H,24,25,29)/t12-,14+,19?/m0/s1. The van der Waals surface area contributed by atoms with Gasteiger partial charge in [0, 0.05) is 30.5 Å². The van der Waals surface area contributed by atoms with Crippen LogP contribution in [0.2, 0.25) is 5.15 Å². The summed E-state index contributed by atoms with van der Waals surface area (Å²) in [6, 6.07) is 6.63. The van der Waals surface area contributed by atoms with Crippen LogP contribution in [0.1, 0.15) is 24.8 Å². The number of likely N-dealkylation sites (tertiary alicyclic amines) is 1. The largest absolute Gasteiger partial charge is 0.326 e. The highest BCUT2D eigenvalue weighted by Crippen LogP contribution is 2.43. The number of nitrogens with zero attached hydrogens (tertiary/aromatic N) is 4. The molecule has 1 aliphatic carbocycles. The molecule has 1 unspecified atom stereocenters. The van der Waals surface area contributed by atoms with Crippen molar-refractivity contribution in [3.05, 3.63) is 47.4 Å². The third-order valence-corrected chi connectivity index (χ3v) is 6.24. The lowest BCUT2D eigenvalue weighted by Crippen LogP contribution is -2.54. The zero-order chi connectivity index (χ0) is 20.0. The van der Waals surface area contributed by atoms with E-state index in [1.165, 1.54) is 0 Å². The minimum absolute atomic E-state index is 0.0476. The average Bonchev–Trinajstić information content (AvgIpc) is 3.42. The number of nitrogens with one attached hydrogen (secondary N) is 2. The third-order valence-electron chi connectivity index (χ3n) is 6.03. The summed E-state index contributed by atoms with van der Waals surface area (Å²) in [6.45, 7) is 0.826. The number of hydrazine groups is 1. The molecule has 2 aromatic rings. The van der Waals surface area contributed by atoms with Gasteiger partial charge in [-0.25, -0.2) is 10.4 Å². The van der Waals surface area contributed by atoms with Crippen LogP contribution in [-0.2, 0) is 16.1 Å². The lowest BCUT2D eigenvalue weighted by atomic mass is 9.97. The lowest BCUT2D eigenvalue weighted by molar-refractivity contribution is -0.139. The fourth-order valence-corrected chi connectivity index (χ4v) is 4.97. The van der Waals surface area contributed by atoms with Crippen LogP contribution in [0.3, 0.4) is 0 Å². The SMILES string of the molecule is O=C(Nc1cccc(Cl)n1)C1[C@H]2CC[C@H](C2)N1C(=O)CN1NCc2cnccc21. The van der Waals surface area contributed by atoms with Crippen LogP contribution in [0.15, 0.2) is 36.7 Å². The van der Waals surface area contributed by atoms with E-state index in [0.717, 1.165) is 30.5 Å². The predicted molar refractivity (Wildman–Crippen MR) is 108 cm³/mol. The Balaban J connectivity index is 1.33. The Kier molecular flexibility index (Phi) is 4.60. The van der Waals surface area contributed by atoms with Gasteiger partial charge in [0.2, 0.25) is 11.8 Å². The van der Waals surface area contributed by atoms with Gasteiger partial charge in [-0.2, -0.15) is 0 Å². The smallest absolute Gasteiger partial charge is 0.248 e. The maximum atomic E-state index is 13.2. The van der Waals surface area contributed by atoms with E-state index in [1.54, 1.807) is 35.5 Å². The number of pyridine rings is 2. The number of anilines is 2. The molecule has 3 atom stereocenters. The van der Waals surface area contributed by atoms with Crippen LogP contribution in [-0.4, -0.2) is 45.3 Å². The van der Waals surface area contributed by atoms with Crippen molar-refractivity contribution < 1.29 is 9.59 Å². The summed E-state index contributed by atoms with van der Waals surface area (Å²) in [5, 5.41) is 5.00. The fourth-order valence-electron chi connectivity index (χ4n) is 4.81. The van der Waals surface area contributed by atoms with Gasteiger partial charge in [-0.1, -0.05) is 17.7 Å². The van der Waals surface area contributed by atoms with Gasteiger partial charge in [-0.15, -0.1) is 0 Å². The van der Waals surface area contributed by atoms with Crippen molar-refractivity contribution in [2.75, 3.05) is 16.9 Å². The van der Waals surface area contributed by atoms with Gasteiger partial charge in [0.1, 0.15) is 23.6 Å². The first-order valence-corrected chi connectivity index (χ1v) is 10.2. The Morgan fingerprint density at radius 1 is 1.28 bits per heavy atom. The van der Waals surface area contributed by atoms with Crippen molar-refractivity contribution in [3.8, 4) is 0 Å². The van der Waals surface area contributed by atoms with E-state index in [-0.39, 0.29) is 30.3 Å². The van der Waals surface area contributed by atoms with E-state index in [9.17, 15) is 9.59 Å². The quantitative estimate of drug-likeness (QED) is 0.746. The van der Waals surface area contributed by atoms with Gasteiger partial charge >= 0.3 is 0 Å². The molecule has 2 bridgehead atoms. The molecule has 2 N–H and O–H groups in total. The zero-order valence-electron chi connectivity index (χ0n) is 15.7. The average molecular weight is 413 g/mol. The zero-order valence-corrected chi connectivity index (χ0v) is 16.5. The molecule has 29 heavy (non-hydrogen) atoms. The number of rotatable bonds is 4. The van der Waals surface area contributed by atoms with Gasteiger partial charge in [-0.3, -0.25) is 19.6 Å². The van der Waals surface area contributed by atoms with Gasteiger partial charge in [0.15, 0.2) is 0 Å². The Morgan fingerprint density at radius 3 is 3.03 bits per heavy atom. The molecule has 1 saturated heterocycles. The summed E-state index contributed by atoms with van der Waals surface area (Å²) in [5.74, 6) is 0.347. The van der Waals surface area contributed by atoms with Crippen molar-refractivity contribution >= 4 is 34.9 Å². The van der Waals surface area contributed by atoms with E-state index in [1.807, 2.05) is 11.1 Å². The maximum Gasteiger partial charge on any atom is 0.248 e. The topological polar surface area (TPSA) is 90.5 Å². The summed E-state index contributed by atoms with van der Waals surface area (Å²) >= 11 is 5.92.